The predicted molar refractivity (Wildman–Crippen MR) is 68.8 cm³/mol. The van der Waals surface area contributed by atoms with Crippen LogP contribution in [0.1, 0.15) is 29.3 Å². The monoisotopic (exact) mass is 250 g/mol. The van der Waals surface area contributed by atoms with Gasteiger partial charge >= 0.3 is 0 Å². The summed E-state index contributed by atoms with van der Waals surface area (Å²) in [6.07, 6.45) is 0.900. The summed E-state index contributed by atoms with van der Waals surface area (Å²) in [7, 11) is 0. The summed E-state index contributed by atoms with van der Waals surface area (Å²) < 4.78 is 13.7. The summed E-state index contributed by atoms with van der Waals surface area (Å²) >= 11 is 0. The molecule has 18 heavy (non-hydrogen) atoms. The van der Waals surface area contributed by atoms with Gasteiger partial charge in [0.15, 0.2) is 0 Å². The zero-order valence-electron chi connectivity index (χ0n) is 10.8. The maximum Gasteiger partial charge on any atom is 0.256 e. The lowest BCUT2D eigenvalue weighted by molar-refractivity contribution is 0.0781. The predicted octanol–water partition coefficient (Wildman–Crippen LogP) is 1.94. The number of benzene rings is 1. The molecule has 0 aliphatic carbocycles. The molecule has 1 aromatic carbocycles. The second kappa shape index (κ2) is 5.06. The minimum atomic E-state index is -0.449. The standard InChI is InChI=1S/C14H19FN2O/c1-9-3-4-13(15)12(7-9)14(18)17-6-5-11(8-17)10(2)16/h3-4,7,10-11H,5-6,8,16H2,1-2H3. The molecule has 1 fully saturated rings. The third-order valence-electron chi connectivity index (χ3n) is 3.61. The number of halogens is 1. The lowest BCUT2D eigenvalue weighted by atomic mass is 10.0. The van der Waals surface area contributed by atoms with E-state index in [0.717, 1.165) is 12.0 Å². The van der Waals surface area contributed by atoms with Crippen molar-refractivity contribution in [2.75, 3.05) is 13.1 Å². The van der Waals surface area contributed by atoms with Crippen LogP contribution in [0.25, 0.3) is 0 Å². The van der Waals surface area contributed by atoms with Gasteiger partial charge in [-0.15, -0.1) is 0 Å². The Morgan fingerprint density at radius 1 is 1.56 bits per heavy atom. The number of carbonyl (C=O) groups excluding carboxylic acids is 1. The van der Waals surface area contributed by atoms with Gasteiger partial charge in [-0.2, -0.15) is 0 Å². The molecule has 1 saturated heterocycles. The van der Waals surface area contributed by atoms with Crippen LogP contribution >= 0.6 is 0 Å². The van der Waals surface area contributed by atoms with E-state index in [4.69, 9.17) is 5.73 Å². The Morgan fingerprint density at radius 3 is 2.89 bits per heavy atom. The third-order valence-corrected chi connectivity index (χ3v) is 3.61. The Kier molecular flexibility index (Phi) is 3.66. The Bertz CT molecular complexity index is 459. The van der Waals surface area contributed by atoms with Gasteiger partial charge < -0.3 is 10.6 Å². The molecule has 0 bridgehead atoms. The maximum absolute atomic E-state index is 13.7. The molecular weight excluding hydrogens is 231 g/mol. The number of aryl methyl sites for hydroxylation is 1. The van der Waals surface area contributed by atoms with E-state index in [-0.39, 0.29) is 17.5 Å². The summed E-state index contributed by atoms with van der Waals surface area (Å²) in [6.45, 7) is 5.10. The van der Waals surface area contributed by atoms with Crippen molar-refractivity contribution >= 4 is 5.91 Å². The molecule has 0 saturated carbocycles. The zero-order chi connectivity index (χ0) is 13.3. The number of nitrogens with zero attached hydrogens (tertiary/aromatic N) is 1. The summed E-state index contributed by atoms with van der Waals surface area (Å²) in [4.78, 5) is 13.9. The summed E-state index contributed by atoms with van der Waals surface area (Å²) in [5.74, 6) is -0.351. The van der Waals surface area contributed by atoms with Crippen molar-refractivity contribution in [1.82, 2.24) is 4.90 Å². The Morgan fingerprint density at radius 2 is 2.28 bits per heavy atom. The first-order valence-corrected chi connectivity index (χ1v) is 6.30. The van der Waals surface area contributed by atoms with E-state index < -0.39 is 5.82 Å². The van der Waals surface area contributed by atoms with Crippen molar-refractivity contribution in [2.24, 2.45) is 11.7 Å². The zero-order valence-corrected chi connectivity index (χ0v) is 10.8. The van der Waals surface area contributed by atoms with Crippen LogP contribution in [0.4, 0.5) is 4.39 Å². The Balaban J connectivity index is 2.15. The van der Waals surface area contributed by atoms with Crippen LogP contribution in [-0.2, 0) is 0 Å². The van der Waals surface area contributed by atoms with E-state index >= 15 is 0 Å². The molecule has 1 aromatic rings. The minimum absolute atomic E-state index is 0.0742. The van der Waals surface area contributed by atoms with Crippen LogP contribution in [0.3, 0.4) is 0 Å². The fraction of sp³-hybridized carbons (Fsp3) is 0.500. The van der Waals surface area contributed by atoms with Crippen molar-refractivity contribution in [1.29, 1.82) is 0 Å². The molecule has 2 atom stereocenters. The molecule has 0 spiro atoms. The van der Waals surface area contributed by atoms with E-state index in [9.17, 15) is 9.18 Å². The molecule has 2 rings (SSSR count). The number of likely N-dealkylation sites (tertiary alicyclic amines) is 1. The topological polar surface area (TPSA) is 46.3 Å². The second-order valence-corrected chi connectivity index (χ2v) is 5.14. The van der Waals surface area contributed by atoms with Crippen molar-refractivity contribution in [3.63, 3.8) is 0 Å². The van der Waals surface area contributed by atoms with Crippen molar-refractivity contribution in [3.05, 3.63) is 35.1 Å². The number of carbonyl (C=O) groups is 1. The molecule has 0 aromatic heterocycles. The first-order valence-electron chi connectivity index (χ1n) is 6.30. The van der Waals surface area contributed by atoms with Crippen molar-refractivity contribution < 1.29 is 9.18 Å². The van der Waals surface area contributed by atoms with Crippen molar-refractivity contribution in [2.45, 2.75) is 26.3 Å². The average Bonchev–Trinajstić information content (AvgIpc) is 2.81. The van der Waals surface area contributed by atoms with Crippen LogP contribution in [-0.4, -0.2) is 29.9 Å². The molecule has 1 heterocycles. The fourth-order valence-corrected chi connectivity index (χ4v) is 2.37. The van der Waals surface area contributed by atoms with Gasteiger partial charge in [-0.3, -0.25) is 4.79 Å². The Hall–Kier alpha value is -1.42. The highest BCUT2D eigenvalue weighted by Gasteiger charge is 2.29. The van der Waals surface area contributed by atoms with Crippen LogP contribution in [0.2, 0.25) is 0 Å². The van der Waals surface area contributed by atoms with Gasteiger partial charge in [-0.05, 0) is 38.3 Å². The number of hydrogen-bond donors (Lipinski definition) is 1. The van der Waals surface area contributed by atoms with E-state index in [1.807, 2.05) is 13.8 Å². The minimum Gasteiger partial charge on any atom is -0.338 e. The van der Waals surface area contributed by atoms with Gasteiger partial charge in [0.25, 0.3) is 5.91 Å². The van der Waals surface area contributed by atoms with E-state index in [2.05, 4.69) is 0 Å². The van der Waals surface area contributed by atoms with Crippen LogP contribution in [0.5, 0.6) is 0 Å². The smallest absolute Gasteiger partial charge is 0.256 e. The summed E-state index contributed by atoms with van der Waals surface area (Å²) in [6, 6.07) is 4.70. The van der Waals surface area contributed by atoms with Crippen molar-refractivity contribution in [3.8, 4) is 0 Å². The maximum atomic E-state index is 13.7. The second-order valence-electron chi connectivity index (χ2n) is 5.14. The molecule has 1 aliphatic rings. The SMILES string of the molecule is Cc1ccc(F)c(C(=O)N2CCC(C(C)N)C2)c1. The van der Waals surface area contributed by atoms with Gasteiger partial charge in [0, 0.05) is 19.1 Å². The Labute approximate surface area is 107 Å². The first-order chi connectivity index (χ1) is 8.49. The highest BCUT2D eigenvalue weighted by atomic mass is 19.1. The molecule has 4 heteroatoms. The number of amides is 1. The van der Waals surface area contributed by atoms with Gasteiger partial charge in [-0.25, -0.2) is 4.39 Å². The van der Waals surface area contributed by atoms with Crippen LogP contribution in [0.15, 0.2) is 18.2 Å². The molecule has 0 radical (unpaired) electrons. The quantitative estimate of drug-likeness (QED) is 0.872. The van der Waals surface area contributed by atoms with Gasteiger partial charge in [0.05, 0.1) is 5.56 Å². The molecule has 98 valence electrons. The molecular formula is C14H19FN2O. The average molecular weight is 250 g/mol. The highest BCUT2D eigenvalue weighted by Crippen LogP contribution is 2.22. The van der Waals surface area contributed by atoms with E-state index in [1.165, 1.54) is 6.07 Å². The van der Waals surface area contributed by atoms with Gasteiger partial charge in [-0.1, -0.05) is 11.6 Å². The largest absolute Gasteiger partial charge is 0.338 e. The lowest BCUT2D eigenvalue weighted by Gasteiger charge is -2.18. The fourth-order valence-electron chi connectivity index (χ4n) is 2.37. The molecule has 2 N–H and O–H groups in total. The van der Waals surface area contributed by atoms with E-state index in [0.29, 0.717) is 19.0 Å². The lowest BCUT2D eigenvalue weighted by Crippen LogP contribution is -2.33. The molecule has 2 unspecified atom stereocenters. The van der Waals surface area contributed by atoms with Crippen LogP contribution < -0.4 is 5.73 Å². The molecule has 1 amide bonds. The van der Waals surface area contributed by atoms with E-state index in [1.54, 1.807) is 17.0 Å². The van der Waals surface area contributed by atoms with Gasteiger partial charge in [0.2, 0.25) is 0 Å². The third kappa shape index (κ3) is 2.53. The van der Waals surface area contributed by atoms with Gasteiger partial charge in [0.1, 0.15) is 5.82 Å². The molecule has 1 aliphatic heterocycles. The first kappa shape index (κ1) is 13.0. The number of hydrogen-bond acceptors (Lipinski definition) is 2. The number of rotatable bonds is 2. The normalized spacial score (nSPS) is 21.1. The molecule has 3 nitrogen and oxygen atoms in total. The highest BCUT2D eigenvalue weighted by molar-refractivity contribution is 5.94. The number of nitrogens with two attached hydrogens (primary N) is 1. The summed E-state index contributed by atoms with van der Waals surface area (Å²) in [5, 5.41) is 0. The van der Waals surface area contributed by atoms with Crippen LogP contribution in [0, 0.1) is 18.7 Å². The summed E-state index contributed by atoms with van der Waals surface area (Å²) in [5.41, 5.74) is 6.90.